The molecule has 21 heavy (non-hydrogen) atoms. The van der Waals surface area contributed by atoms with E-state index in [2.05, 4.69) is 25.2 Å². The molecule has 3 N–H and O–H groups in total. The van der Waals surface area contributed by atoms with Crippen LogP contribution in [-0.2, 0) is 0 Å². The van der Waals surface area contributed by atoms with Gasteiger partial charge in [0.05, 0.1) is 0 Å². The highest BCUT2D eigenvalue weighted by Crippen LogP contribution is 2.47. The van der Waals surface area contributed by atoms with Crippen molar-refractivity contribution in [2.45, 2.75) is 63.6 Å². The topological polar surface area (TPSA) is 47.3 Å². The smallest absolute Gasteiger partial charge is 0.125 e. The Bertz CT molecular complexity index is 554. The molecule has 2 fully saturated rings. The molecule has 0 saturated heterocycles. The van der Waals surface area contributed by atoms with E-state index in [1.807, 2.05) is 12.1 Å². The summed E-state index contributed by atoms with van der Waals surface area (Å²) in [7, 11) is 0. The minimum absolute atomic E-state index is 0.113. The average molecular weight is 286 g/mol. The van der Waals surface area contributed by atoms with E-state index in [0.717, 1.165) is 29.7 Å². The molecule has 4 rings (SSSR count). The first-order valence-corrected chi connectivity index (χ1v) is 8.35. The number of hydrogen-bond acceptors (Lipinski definition) is 3. The van der Waals surface area contributed by atoms with Crippen LogP contribution in [0.25, 0.3) is 0 Å². The maximum Gasteiger partial charge on any atom is 0.125 e. The molecule has 4 atom stereocenters. The lowest BCUT2D eigenvalue weighted by Gasteiger charge is -2.40. The number of fused-ring (bicyclic) bond motifs is 3. The second-order valence-corrected chi connectivity index (χ2v) is 7.86. The number of rotatable bonds is 2. The van der Waals surface area contributed by atoms with Gasteiger partial charge in [0.15, 0.2) is 0 Å². The third-order valence-corrected chi connectivity index (χ3v) is 5.64. The van der Waals surface area contributed by atoms with Crippen molar-refractivity contribution in [3.05, 3.63) is 23.8 Å². The lowest BCUT2D eigenvalue weighted by molar-refractivity contribution is 0.0617. The zero-order valence-electron chi connectivity index (χ0n) is 13.1. The van der Waals surface area contributed by atoms with E-state index >= 15 is 0 Å². The first kappa shape index (κ1) is 13.4. The van der Waals surface area contributed by atoms with E-state index in [-0.39, 0.29) is 5.60 Å². The van der Waals surface area contributed by atoms with Crippen molar-refractivity contribution in [2.75, 3.05) is 5.73 Å². The molecule has 1 heterocycles. The molecule has 3 heteroatoms. The first-order chi connectivity index (χ1) is 10.00. The van der Waals surface area contributed by atoms with Gasteiger partial charge in [0.1, 0.15) is 11.4 Å². The van der Waals surface area contributed by atoms with E-state index in [9.17, 15) is 0 Å². The number of nitrogen functional groups attached to an aromatic ring is 1. The molecule has 2 aliphatic carbocycles. The summed E-state index contributed by atoms with van der Waals surface area (Å²) in [6.45, 7) is 4.36. The fraction of sp³-hybridized carbons (Fsp3) is 0.667. The van der Waals surface area contributed by atoms with Crippen molar-refractivity contribution in [3.8, 4) is 5.75 Å². The van der Waals surface area contributed by atoms with Crippen molar-refractivity contribution < 1.29 is 4.74 Å². The van der Waals surface area contributed by atoms with E-state index in [1.165, 1.54) is 31.2 Å². The summed E-state index contributed by atoms with van der Waals surface area (Å²) in [5, 5.41) is 3.95. The molecule has 2 bridgehead atoms. The van der Waals surface area contributed by atoms with Crippen LogP contribution in [0.3, 0.4) is 0 Å². The van der Waals surface area contributed by atoms with Crippen LogP contribution in [0, 0.1) is 11.8 Å². The van der Waals surface area contributed by atoms with Crippen LogP contribution in [0.5, 0.6) is 5.75 Å². The predicted octanol–water partition coefficient (Wildman–Crippen LogP) is 3.65. The van der Waals surface area contributed by atoms with Crippen LogP contribution in [-0.4, -0.2) is 11.6 Å². The molecule has 0 spiro atoms. The Labute approximate surface area is 127 Å². The Morgan fingerprint density at radius 2 is 2.10 bits per heavy atom. The summed E-state index contributed by atoms with van der Waals surface area (Å²) >= 11 is 0. The third-order valence-electron chi connectivity index (χ3n) is 5.64. The van der Waals surface area contributed by atoms with Crippen molar-refractivity contribution in [2.24, 2.45) is 11.8 Å². The van der Waals surface area contributed by atoms with Crippen molar-refractivity contribution in [1.29, 1.82) is 0 Å². The van der Waals surface area contributed by atoms with Crippen LogP contribution in [0.15, 0.2) is 18.2 Å². The van der Waals surface area contributed by atoms with Gasteiger partial charge in [0.25, 0.3) is 0 Å². The highest BCUT2D eigenvalue weighted by molar-refractivity contribution is 5.50. The zero-order chi connectivity index (χ0) is 14.6. The number of anilines is 1. The van der Waals surface area contributed by atoms with E-state index < -0.39 is 0 Å². The third kappa shape index (κ3) is 2.42. The second kappa shape index (κ2) is 4.64. The Balaban J connectivity index is 1.60. The van der Waals surface area contributed by atoms with Gasteiger partial charge >= 0.3 is 0 Å². The Hall–Kier alpha value is -1.22. The average Bonchev–Trinajstić information content (AvgIpc) is 3.01. The van der Waals surface area contributed by atoms with Gasteiger partial charge < -0.3 is 15.8 Å². The minimum Gasteiger partial charge on any atom is -0.487 e. The van der Waals surface area contributed by atoms with Gasteiger partial charge in [-0.15, -0.1) is 0 Å². The highest BCUT2D eigenvalue weighted by Gasteiger charge is 2.42. The van der Waals surface area contributed by atoms with Gasteiger partial charge in [-0.25, -0.2) is 0 Å². The molecule has 0 aromatic heterocycles. The molecular formula is C18H26N2O. The molecule has 3 aliphatic rings. The second-order valence-electron chi connectivity index (χ2n) is 7.86. The maximum absolute atomic E-state index is 6.14. The van der Waals surface area contributed by atoms with Gasteiger partial charge in [-0.05, 0) is 63.1 Å². The summed E-state index contributed by atoms with van der Waals surface area (Å²) in [6, 6.07) is 7.12. The normalized spacial score (nSPS) is 36.3. The highest BCUT2D eigenvalue weighted by atomic mass is 16.5. The van der Waals surface area contributed by atoms with Crippen molar-refractivity contribution >= 4 is 5.69 Å². The molecule has 2 saturated carbocycles. The number of nitrogens with one attached hydrogen (secondary N) is 1. The van der Waals surface area contributed by atoms with Crippen LogP contribution >= 0.6 is 0 Å². The SMILES string of the molecule is CC1(C)CC(NC2CC3CCC2C3)c2cc(N)ccc2O1. The van der Waals surface area contributed by atoms with Gasteiger partial charge in [-0.1, -0.05) is 6.42 Å². The molecule has 3 nitrogen and oxygen atoms in total. The number of ether oxygens (including phenoxy) is 1. The minimum atomic E-state index is -0.113. The van der Waals surface area contributed by atoms with E-state index in [0.29, 0.717) is 12.1 Å². The number of hydrogen-bond donors (Lipinski definition) is 2. The Morgan fingerprint density at radius 1 is 1.24 bits per heavy atom. The Kier molecular flexibility index (Phi) is 2.97. The van der Waals surface area contributed by atoms with E-state index in [4.69, 9.17) is 10.5 Å². The lowest BCUT2D eigenvalue weighted by Crippen LogP contribution is -2.44. The zero-order valence-corrected chi connectivity index (χ0v) is 13.1. The number of nitrogens with two attached hydrogens (primary N) is 1. The predicted molar refractivity (Wildman–Crippen MR) is 85.3 cm³/mol. The standard InChI is InChI=1S/C18H26N2O/c1-18(2)10-16(14-9-13(19)5-6-17(14)21-18)20-15-8-11-3-4-12(15)7-11/h5-6,9,11-12,15-16,20H,3-4,7-8,10,19H2,1-2H3. The van der Waals surface area contributed by atoms with Gasteiger partial charge in [0.2, 0.25) is 0 Å². The molecule has 1 aromatic carbocycles. The summed E-state index contributed by atoms with van der Waals surface area (Å²) < 4.78 is 6.14. The van der Waals surface area contributed by atoms with Crippen molar-refractivity contribution in [1.82, 2.24) is 5.32 Å². The quantitative estimate of drug-likeness (QED) is 0.816. The Morgan fingerprint density at radius 3 is 2.81 bits per heavy atom. The fourth-order valence-corrected chi connectivity index (χ4v) is 4.73. The van der Waals surface area contributed by atoms with Crippen LogP contribution in [0.4, 0.5) is 5.69 Å². The van der Waals surface area contributed by atoms with Gasteiger partial charge in [-0.2, -0.15) is 0 Å². The molecule has 114 valence electrons. The summed E-state index contributed by atoms with van der Waals surface area (Å²) in [5.74, 6) is 2.87. The van der Waals surface area contributed by atoms with Gasteiger partial charge in [0, 0.05) is 29.8 Å². The molecule has 0 radical (unpaired) electrons. The molecule has 0 amide bonds. The van der Waals surface area contributed by atoms with Gasteiger partial charge in [-0.3, -0.25) is 0 Å². The van der Waals surface area contributed by atoms with Crippen LogP contribution in [0.2, 0.25) is 0 Å². The maximum atomic E-state index is 6.14. The molecular weight excluding hydrogens is 260 g/mol. The lowest BCUT2D eigenvalue weighted by atomic mass is 9.87. The summed E-state index contributed by atoms with van der Waals surface area (Å²) in [6.07, 6.45) is 6.68. The largest absolute Gasteiger partial charge is 0.487 e. The van der Waals surface area contributed by atoms with Crippen LogP contribution < -0.4 is 15.8 Å². The summed E-state index contributed by atoms with van der Waals surface area (Å²) in [4.78, 5) is 0. The van der Waals surface area contributed by atoms with Crippen LogP contribution in [0.1, 0.15) is 57.6 Å². The summed E-state index contributed by atoms with van der Waals surface area (Å²) in [5.41, 5.74) is 7.96. The van der Waals surface area contributed by atoms with Crippen molar-refractivity contribution in [3.63, 3.8) is 0 Å². The van der Waals surface area contributed by atoms with E-state index in [1.54, 1.807) is 0 Å². The number of benzene rings is 1. The molecule has 1 aliphatic heterocycles. The fourth-order valence-electron chi connectivity index (χ4n) is 4.73. The molecule has 1 aromatic rings. The monoisotopic (exact) mass is 286 g/mol. The first-order valence-electron chi connectivity index (χ1n) is 8.35. The molecule has 4 unspecified atom stereocenters.